The third-order valence-corrected chi connectivity index (χ3v) is 5.55. The van der Waals surface area contributed by atoms with Crippen molar-refractivity contribution in [1.82, 2.24) is 5.32 Å². The van der Waals surface area contributed by atoms with Crippen molar-refractivity contribution in [1.29, 1.82) is 0 Å². The summed E-state index contributed by atoms with van der Waals surface area (Å²) in [6, 6.07) is -1.31. The van der Waals surface area contributed by atoms with E-state index in [1.165, 1.54) is 0 Å². The zero-order valence-electron chi connectivity index (χ0n) is 23.8. The molecule has 5 atom stereocenters. The molecule has 13 heteroatoms. The van der Waals surface area contributed by atoms with E-state index in [2.05, 4.69) is 10.1 Å². The second-order valence-electron chi connectivity index (χ2n) is 9.02. The first-order valence-electron chi connectivity index (χ1n) is 13.6. The maximum atomic E-state index is 12.7. The Morgan fingerprint density at radius 2 is 1.23 bits per heavy atom. The summed E-state index contributed by atoms with van der Waals surface area (Å²) in [5.74, 6) is -4.15. The predicted molar refractivity (Wildman–Crippen MR) is 138 cm³/mol. The molecule has 0 aliphatic carbocycles. The lowest BCUT2D eigenvalue weighted by molar-refractivity contribution is -0.271. The Labute approximate surface area is 234 Å². The van der Waals surface area contributed by atoms with Gasteiger partial charge in [-0.1, -0.05) is 27.7 Å². The van der Waals surface area contributed by atoms with Crippen LogP contribution in [0, 0.1) is 0 Å². The third-order valence-electron chi connectivity index (χ3n) is 5.55. The van der Waals surface area contributed by atoms with Crippen molar-refractivity contribution in [3.05, 3.63) is 12.2 Å². The van der Waals surface area contributed by atoms with E-state index in [0.717, 1.165) is 19.3 Å². The lowest BCUT2D eigenvalue weighted by Crippen LogP contribution is -2.67. The average molecular weight is 572 g/mol. The Morgan fingerprint density at radius 3 is 1.77 bits per heavy atom. The highest BCUT2D eigenvalue weighted by atomic mass is 16.7. The standard InChI is InChI=1S/C27H41NO12/c1-6-10-18(29)28-24-26(39-22(33)13-9-4)25(38-21(32)12-8-3)17(16-36-20(31)11-7-2)37-27(24)40-23(34)15-14-19(30)35-5/h14-15,17,24-27H,6-13,16H2,1-5H3,(H,28,29)/b15-14+/t17-,24-,25-,26-,27-/m1/s1. The van der Waals surface area contributed by atoms with Crippen LogP contribution in [0.15, 0.2) is 12.2 Å². The van der Waals surface area contributed by atoms with Gasteiger partial charge < -0.3 is 33.7 Å². The molecule has 1 aliphatic rings. The lowest BCUT2D eigenvalue weighted by atomic mass is 9.95. The number of ether oxygens (including phenoxy) is 6. The first-order chi connectivity index (χ1) is 19.1. The topological polar surface area (TPSA) is 170 Å². The molecule has 1 heterocycles. The molecule has 0 spiro atoms. The molecule has 40 heavy (non-hydrogen) atoms. The second kappa shape index (κ2) is 18.7. The van der Waals surface area contributed by atoms with Crippen LogP contribution in [0.1, 0.15) is 79.1 Å². The van der Waals surface area contributed by atoms with E-state index in [1.807, 2.05) is 0 Å². The van der Waals surface area contributed by atoms with Gasteiger partial charge in [0, 0.05) is 37.8 Å². The van der Waals surface area contributed by atoms with Gasteiger partial charge in [0.2, 0.25) is 12.2 Å². The number of carbonyl (C=O) groups excluding carboxylic acids is 6. The van der Waals surface area contributed by atoms with Crippen LogP contribution >= 0.6 is 0 Å². The summed E-state index contributed by atoms with van der Waals surface area (Å²) in [4.78, 5) is 73.9. The van der Waals surface area contributed by atoms with E-state index in [1.54, 1.807) is 27.7 Å². The maximum Gasteiger partial charge on any atom is 0.333 e. The van der Waals surface area contributed by atoms with E-state index in [-0.39, 0.29) is 25.7 Å². The summed E-state index contributed by atoms with van der Waals surface area (Å²) < 4.78 is 32.4. The van der Waals surface area contributed by atoms with Crippen LogP contribution in [-0.4, -0.2) is 80.1 Å². The van der Waals surface area contributed by atoms with Gasteiger partial charge in [-0.05, 0) is 25.7 Å². The number of esters is 5. The number of hydrogen-bond acceptors (Lipinski definition) is 12. The zero-order chi connectivity index (χ0) is 30.1. The Morgan fingerprint density at radius 1 is 0.700 bits per heavy atom. The second-order valence-corrected chi connectivity index (χ2v) is 9.02. The van der Waals surface area contributed by atoms with Gasteiger partial charge in [-0.3, -0.25) is 19.2 Å². The molecule has 0 radical (unpaired) electrons. The van der Waals surface area contributed by atoms with Gasteiger partial charge >= 0.3 is 29.8 Å². The van der Waals surface area contributed by atoms with E-state index in [4.69, 9.17) is 23.7 Å². The fourth-order valence-corrected chi connectivity index (χ4v) is 3.70. The zero-order valence-corrected chi connectivity index (χ0v) is 23.8. The molecule has 0 aromatic carbocycles. The highest BCUT2D eigenvalue weighted by Gasteiger charge is 2.52. The SMILES string of the molecule is CCCC(=O)N[C@H]1[C@@H](OC(=O)/C=C/C(=O)OC)O[C@H](COC(=O)CCC)[C@@H](OC(=O)CCC)[C@@H]1OC(=O)CCC. The highest BCUT2D eigenvalue weighted by Crippen LogP contribution is 2.29. The number of methoxy groups -OCH3 is 1. The number of nitrogens with one attached hydrogen (secondary N) is 1. The molecule has 1 N–H and O–H groups in total. The number of hydrogen-bond donors (Lipinski definition) is 1. The molecule has 0 saturated carbocycles. The van der Waals surface area contributed by atoms with Crippen molar-refractivity contribution >= 4 is 35.8 Å². The molecule has 1 rings (SSSR count). The minimum atomic E-state index is -1.58. The van der Waals surface area contributed by atoms with Crippen LogP contribution in [0.3, 0.4) is 0 Å². The highest BCUT2D eigenvalue weighted by molar-refractivity contribution is 5.91. The van der Waals surface area contributed by atoms with Crippen molar-refractivity contribution in [2.24, 2.45) is 0 Å². The van der Waals surface area contributed by atoms with Crippen molar-refractivity contribution in [2.75, 3.05) is 13.7 Å². The van der Waals surface area contributed by atoms with Gasteiger partial charge in [-0.25, -0.2) is 9.59 Å². The van der Waals surface area contributed by atoms with Gasteiger partial charge in [0.1, 0.15) is 18.8 Å². The summed E-state index contributed by atoms with van der Waals surface area (Å²) in [7, 11) is 1.13. The van der Waals surface area contributed by atoms with Crippen molar-refractivity contribution in [3.63, 3.8) is 0 Å². The van der Waals surface area contributed by atoms with Crippen LogP contribution in [-0.2, 0) is 57.2 Å². The van der Waals surface area contributed by atoms with Crippen LogP contribution in [0.5, 0.6) is 0 Å². The Hall–Kier alpha value is -3.48. The third kappa shape index (κ3) is 12.1. The van der Waals surface area contributed by atoms with Gasteiger partial charge in [-0.2, -0.15) is 0 Å². The monoisotopic (exact) mass is 571 g/mol. The minimum absolute atomic E-state index is 0.0189. The average Bonchev–Trinajstić information content (AvgIpc) is 2.90. The fraction of sp³-hybridized carbons (Fsp3) is 0.704. The molecule has 1 amide bonds. The van der Waals surface area contributed by atoms with Gasteiger partial charge in [0.25, 0.3) is 0 Å². The largest absolute Gasteiger partial charge is 0.466 e. The van der Waals surface area contributed by atoms with E-state index in [0.29, 0.717) is 25.7 Å². The summed E-state index contributed by atoms with van der Waals surface area (Å²) in [6.45, 7) is 6.68. The lowest BCUT2D eigenvalue weighted by Gasteiger charge is -2.44. The fourth-order valence-electron chi connectivity index (χ4n) is 3.70. The Balaban J connectivity index is 3.52. The van der Waals surface area contributed by atoms with Gasteiger partial charge in [0.15, 0.2) is 12.2 Å². The summed E-state index contributed by atoms with van der Waals surface area (Å²) in [5.41, 5.74) is 0. The molecular weight excluding hydrogens is 530 g/mol. The van der Waals surface area contributed by atoms with Crippen molar-refractivity contribution in [3.8, 4) is 0 Å². The van der Waals surface area contributed by atoms with Crippen molar-refractivity contribution in [2.45, 2.75) is 110 Å². The first-order valence-corrected chi connectivity index (χ1v) is 13.6. The normalized spacial score (nSPS) is 22.2. The molecule has 0 aromatic heterocycles. The van der Waals surface area contributed by atoms with Crippen molar-refractivity contribution < 1.29 is 57.2 Å². The molecule has 0 bridgehead atoms. The van der Waals surface area contributed by atoms with E-state index in [9.17, 15) is 28.8 Å². The van der Waals surface area contributed by atoms with Gasteiger partial charge in [0.05, 0.1) is 7.11 Å². The Kier molecular flexibility index (Phi) is 16.2. The van der Waals surface area contributed by atoms with Gasteiger partial charge in [-0.15, -0.1) is 0 Å². The molecular formula is C27H41NO12. The summed E-state index contributed by atoms with van der Waals surface area (Å²) in [6.07, 6.45) is -1.69. The maximum absolute atomic E-state index is 12.7. The van der Waals surface area contributed by atoms with Crippen LogP contribution < -0.4 is 5.32 Å². The van der Waals surface area contributed by atoms with Crippen LogP contribution in [0.25, 0.3) is 0 Å². The number of carbonyl (C=O) groups is 6. The first kappa shape index (κ1) is 34.5. The molecule has 1 aliphatic heterocycles. The molecule has 1 fully saturated rings. The number of amides is 1. The molecule has 13 nitrogen and oxygen atoms in total. The molecule has 0 unspecified atom stereocenters. The quantitative estimate of drug-likeness (QED) is 0.163. The Bertz CT molecular complexity index is 902. The number of rotatable bonds is 16. The molecule has 1 saturated heterocycles. The summed E-state index contributed by atoms with van der Waals surface area (Å²) >= 11 is 0. The van der Waals surface area contributed by atoms with E-state index >= 15 is 0 Å². The van der Waals surface area contributed by atoms with Crippen LogP contribution in [0.4, 0.5) is 0 Å². The van der Waals surface area contributed by atoms with E-state index < -0.39 is 73.0 Å². The van der Waals surface area contributed by atoms with Crippen LogP contribution in [0.2, 0.25) is 0 Å². The molecule has 0 aromatic rings. The predicted octanol–water partition coefficient (Wildman–Crippen LogP) is 2.04. The smallest absolute Gasteiger partial charge is 0.333 e. The minimum Gasteiger partial charge on any atom is -0.466 e. The molecule has 226 valence electrons. The summed E-state index contributed by atoms with van der Waals surface area (Å²) in [5, 5.41) is 2.66.